The van der Waals surface area contributed by atoms with Crippen LogP contribution in [0.2, 0.25) is 5.02 Å². The maximum atomic E-state index is 11.9. The number of hydrogen-bond donors (Lipinski definition) is 0. The Hall–Kier alpha value is -3.12. The van der Waals surface area contributed by atoms with Gasteiger partial charge in [0.2, 0.25) is 0 Å². The molecule has 0 fully saturated rings. The Balaban J connectivity index is 1.94. The van der Waals surface area contributed by atoms with Crippen molar-refractivity contribution in [1.82, 2.24) is 9.97 Å². The van der Waals surface area contributed by atoms with E-state index in [1.165, 1.54) is 7.11 Å². The van der Waals surface area contributed by atoms with E-state index in [1.54, 1.807) is 24.3 Å². The summed E-state index contributed by atoms with van der Waals surface area (Å²) in [5, 5.41) is 1.54. The van der Waals surface area contributed by atoms with Crippen LogP contribution in [0.25, 0.3) is 33.5 Å². The number of carbonyl (C=O) groups excluding carboxylic acids is 1. The molecule has 4 aromatic rings. The first-order valence-electron chi connectivity index (χ1n) is 9.20. The predicted octanol–water partition coefficient (Wildman–Crippen LogP) is 5.33. The molecule has 148 valence electrons. The molecule has 29 heavy (non-hydrogen) atoms. The molecule has 2 aromatic heterocycles. The van der Waals surface area contributed by atoms with E-state index in [1.807, 2.05) is 30.1 Å². The van der Waals surface area contributed by atoms with Crippen molar-refractivity contribution >= 4 is 45.4 Å². The lowest BCUT2D eigenvalue weighted by Crippen LogP contribution is -2.27. The number of methoxy groups -OCH3 is 1. The molecule has 0 radical (unpaired) electrons. The van der Waals surface area contributed by atoms with Gasteiger partial charge >= 0.3 is 5.97 Å². The van der Waals surface area contributed by atoms with Crippen LogP contribution in [-0.2, 0) is 4.74 Å². The summed E-state index contributed by atoms with van der Waals surface area (Å²) in [6.45, 7) is 4.14. The van der Waals surface area contributed by atoms with Gasteiger partial charge in [-0.15, -0.1) is 0 Å². The van der Waals surface area contributed by atoms with Crippen molar-refractivity contribution < 1.29 is 13.9 Å². The van der Waals surface area contributed by atoms with Gasteiger partial charge in [0, 0.05) is 29.6 Å². The highest BCUT2D eigenvalue weighted by Crippen LogP contribution is 2.34. The number of fused-ring (bicyclic) bond motifs is 2. The SMILES string of the molecule is COC(=O)c1ccc2nc(-c3cc4ccc(Cl)cc4o3)c(N(C)C(C)C)nc2c1. The topological polar surface area (TPSA) is 68.5 Å². The van der Waals surface area contributed by atoms with Gasteiger partial charge in [-0.25, -0.2) is 14.8 Å². The number of aromatic nitrogens is 2. The lowest BCUT2D eigenvalue weighted by molar-refractivity contribution is 0.0601. The lowest BCUT2D eigenvalue weighted by Gasteiger charge is -2.24. The minimum atomic E-state index is -0.411. The van der Waals surface area contributed by atoms with Gasteiger partial charge in [0.05, 0.1) is 23.7 Å². The number of esters is 1. The molecule has 2 heterocycles. The second-order valence-corrected chi connectivity index (χ2v) is 7.52. The van der Waals surface area contributed by atoms with Crippen LogP contribution in [0, 0.1) is 0 Å². The van der Waals surface area contributed by atoms with Crippen molar-refractivity contribution in [2.24, 2.45) is 0 Å². The Morgan fingerprint density at radius 2 is 1.90 bits per heavy atom. The van der Waals surface area contributed by atoms with Crippen molar-refractivity contribution in [1.29, 1.82) is 0 Å². The van der Waals surface area contributed by atoms with Crippen molar-refractivity contribution in [3.05, 3.63) is 53.1 Å². The Kier molecular flexibility index (Phi) is 4.88. The van der Waals surface area contributed by atoms with E-state index in [-0.39, 0.29) is 6.04 Å². The van der Waals surface area contributed by atoms with Gasteiger partial charge in [-0.05, 0) is 50.2 Å². The number of rotatable bonds is 4. The molecule has 0 amide bonds. The minimum Gasteiger partial charge on any atom is -0.465 e. The van der Waals surface area contributed by atoms with Crippen LogP contribution in [0.4, 0.5) is 5.82 Å². The van der Waals surface area contributed by atoms with Gasteiger partial charge in [0.1, 0.15) is 11.3 Å². The summed E-state index contributed by atoms with van der Waals surface area (Å²) in [4.78, 5) is 23.5. The van der Waals surface area contributed by atoms with Crippen LogP contribution in [-0.4, -0.2) is 36.1 Å². The van der Waals surface area contributed by atoms with Crippen LogP contribution in [0.15, 0.2) is 46.9 Å². The minimum absolute atomic E-state index is 0.183. The first-order chi connectivity index (χ1) is 13.9. The zero-order chi connectivity index (χ0) is 20.7. The van der Waals surface area contributed by atoms with Crippen LogP contribution in [0.3, 0.4) is 0 Å². The molecule has 0 saturated carbocycles. The molecule has 0 unspecified atom stereocenters. The van der Waals surface area contributed by atoms with Gasteiger partial charge in [0.25, 0.3) is 0 Å². The largest absolute Gasteiger partial charge is 0.465 e. The van der Waals surface area contributed by atoms with Gasteiger partial charge in [-0.1, -0.05) is 11.6 Å². The van der Waals surface area contributed by atoms with Crippen LogP contribution in [0.1, 0.15) is 24.2 Å². The van der Waals surface area contributed by atoms with Gasteiger partial charge < -0.3 is 14.1 Å². The normalized spacial score (nSPS) is 11.4. The Morgan fingerprint density at radius 1 is 1.10 bits per heavy atom. The standard InChI is InChI=1S/C22H20ClN3O3/c1-12(2)26(3)21-20(19-10-13-5-7-15(23)11-18(13)29-19)24-16-8-6-14(22(27)28-4)9-17(16)25-21/h5-12H,1-4H3. The molecule has 0 spiro atoms. The summed E-state index contributed by atoms with van der Waals surface area (Å²) < 4.78 is 10.9. The number of furan rings is 1. The third kappa shape index (κ3) is 3.51. The molecule has 7 heteroatoms. The Bertz CT molecular complexity index is 1230. The van der Waals surface area contributed by atoms with Crippen molar-refractivity contribution in [2.45, 2.75) is 19.9 Å². The molecular formula is C22H20ClN3O3. The smallest absolute Gasteiger partial charge is 0.337 e. The van der Waals surface area contributed by atoms with Gasteiger partial charge in [0.15, 0.2) is 11.6 Å². The van der Waals surface area contributed by atoms with Gasteiger partial charge in [-0.2, -0.15) is 0 Å². The van der Waals surface area contributed by atoms with E-state index in [9.17, 15) is 4.79 Å². The summed E-state index contributed by atoms with van der Waals surface area (Å²) in [6, 6.07) is 12.8. The number of carbonyl (C=O) groups is 1. The first kappa shape index (κ1) is 19.2. The van der Waals surface area contributed by atoms with Crippen LogP contribution >= 0.6 is 11.6 Å². The fraction of sp³-hybridized carbons (Fsp3) is 0.227. The molecule has 0 saturated heterocycles. The molecule has 0 aliphatic carbocycles. The number of hydrogen-bond acceptors (Lipinski definition) is 6. The molecule has 4 rings (SSSR count). The molecule has 0 atom stereocenters. The molecule has 6 nitrogen and oxygen atoms in total. The van der Waals surface area contributed by atoms with Crippen molar-refractivity contribution in [3.63, 3.8) is 0 Å². The summed E-state index contributed by atoms with van der Waals surface area (Å²) >= 11 is 6.09. The average molecular weight is 410 g/mol. The summed E-state index contributed by atoms with van der Waals surface area (Å²) in [5.41, 5.74) is 3.02. The fourth-order valence-electron chi connectivity index (χ4n) is 3.07. The van der Waals surface area contributed by atoms with E-state index in [0.717, 1.165) is 5.39 Å². The number of ether oxygens (including phenoxy) is 1. The quantitative estimate of drug-likeness (QED) is 0.424. The number of nitrogens with zero attached hydrogens (tertiary/aromatic N) is 3. The summed E-state index contributed by atoms with van der Waals surface area (Å²) in [6.07, 6.45) is 0. The highest BCUT2D eigenvalue weighted by atomic mass is 35.5. The molecule has 2 aromatic carbocycles. The Labute approximate surface area is 173 Å². The van der Waals surface area contributed by atoms with Crippen molar-refractivity contribution in [2.75, 3.05) is 19.1 Å². The van der Waals surface area contributed by atoms with Crippen LogP contribution < -0.4 is 4.90 Å². The monoisotopic (exact) mass is 409 g/mol. The molecule has 0 bridgehead atoms. The Morgan fingerprint density at radius 3 is 2.62 bits per heavy atom. The summed E-state index contributed by atoms with van der Waals surface area (Å²) in [7, 11) is 3.31. The van der Waals surface area contributed by atoms with Crippen LogP contribution in [0.5, 0.6) is 0 Å². The van der Waals surface area contributed by atoms with E-state index >= 15 is 0 Å². The number of anilines is 1. The zero-order valence-electron chi connectivity index (χ0n) is 16.6. The van der Waals surface area contributed by atoms with E-state index < -0.39 is 5.97 Å². The maximum Gasteiger partial charge on any atom is 0.337 e. The third-order valence-corrected chi connectivity index (χ3v) is 5.13. The van der Waals surface area contributed by atoms with E-state index in [0.29, 0.717) is 44.5 Å². The second-order valence-electron chi connectivity index (χ2n) is 7.09. The number of benzene rings is 2. The predicted molar refractivity (Wildman–Crippen MR) is 115 cm³/mol. The molecule has 0 N–H and O–H groups in total. The zero-order valence-corrected chi connectivity index (χ0v) is 17.3. The molecular weight excluding hydrogens is 390 g/mol. The highest BCUT2D eigenvalue weighted by Gasteiger charge is 2.20. The molecule has 0 aliphatic rings. The lowest BCUT2D eigenvalue weighted by atomic mass is 10.1. The average Bonchev–Trinajstić information content (AvgIpc) is 3.14. The van der Waals surface area contributed by atoms with E-state index in [4.69, 9.17) is 30.7 Å². The second kappa shape index (κ2) is 7.37. The first-order valence-corrected chi connectivity index (χ1v) is 9.57. The van der Waals surface area contributed by atoms with E-state index in [2.05, 4.69) is 13.8 Å². The highest BCUT2D eigenvalue weighted by molar-refractivity contribution is 6.31. The van der Waals surface area contributed by atoms with Crippen molar-refractivity contribution in [3.8, 4) is 11.5 Å². The number of halogens is 1. The fourth-order valence-corrected chi connectivity index (χ4v) is 3.23. The maximum absolute atomic E-state index is 11.9. The van der Waals surface area contributed by atoms with Gasteiger partial charge in [-0.3, -0.25) is 0 Å². The molecule has 0 aliphatic heterocycles. The summed E-state index contributed by atoms with van der Waals surface area (Å²) in [5.74, 6) is 0.863. The third-order valence-electron chi connectivity index (χ3n) is 4.89.